The molecular weight excluding hydrogens is 232 g/mol. The van der Waals surface area contributed by atoms with Crippen molar-refractivity contribution in [1.29, 1.82) is 0 Å². The molecule has 0 aliphatic rings. The van der Waals surface area contributed by atoms with Crippen molar-refractivity contribution in [2.24, 2.45) is 0 Å². The number of hydrogen-bond donors (Lipinski definition) is 1. The molecule has 1 aromatic carbocycles. The predicted octanol–water partition coefficient (Wildman–Crippen LogP) is 3.68. The molecule has 0 aliphatic heterocycles. The summed E-state index contributed by atoms with van der Waals surface area (Å²) in [6.45, 7) is 10.4. The van der Waals surface area contributed by atoms with Gasteiger partial charge in [-0.3, -0.25) is 0 Å². The highest BCUT2D eigenvalue weighted by Crippen LogP contribution is 2.26. The van der Waals surface area contributed by atoms with Crippen LogP contribution in [0.5, 0.6) is 0 Å². The van der Waals surface area contributed by atoms with Gasteiger partial charge in [-0.15, -0.1) is 0 Å². The van der Waals surface area contributed by atoms with Gasteiger partial charge in [0.05, 0.1) is 10.7 Å². The van der Waals surface area contributed by atoms with E-state index in [1.54, 1.807) is 0 Å². The Labute approximate surface area is 110 Å². The van der Waals surface area contributed by atoms with Crippen LogP contribution in [0.4, 0.5) is 5.69 Å². The topological polar surface area (TPSA) is 15.3 Å². The number of anilines is 1. The molecule has 0 aromatic heterocycles. The number of halogens is 1. The Morgan fingerprint density at radius 3 is 2.41 bits per heavy atom. The largest absolute Gasteiger partial charge is 0.374 e. The minimum Gasteiger partial charge on any atom is -0.374 e. The Kier molecular flexibility index (Phi) is 4.84. The van der Waals surface area contributed by atoms with E-state index in [2.05, 4.69) is 50.0 Å². The molecule has 0 saturated heterocycles. The van der Waals surface area contributed by atoms with Crippen molar-refractivity contribution >= 4 is 17.3 Å². The lowest BCUT2D eigenvalue weighted by Crippen LogP contribution is -2.35. The van der Waals surface area contributed by atoms with Crippen molar-refractivity contribution in [3.8, 4) is 0 Å². The molecule has 1 N–H and O–H groups in total. The van der Waals surface area contributed by atoms with Crippen LogP contribution in [-0.4, -0.2) is 19.1 Å². The second-order valence-corrected chi connectivity index (χ2v) is 5.81. The van der Waals surface area contributed by atoms with E-state index in [0.717, 1.165) is 23.8 Å². The Morgan fingerprint density at radius 1 is 1.29 bits per heavy atom. The van der Waals surface area contributed by atoms with Crippen LogP contribution in [0.2, 0.25) is 5.02 Å². The first kappa shape index (κ1) is 14.3. The summed E-state index contributed by atoms with van der Waals surface area (Å²) >= 11 is 6.28. The molecule has 0 saturated carbocycles. The van der Waals surface area contributed by atoms with Gasteiger partial charge in [-0.1, -0.05) is 17.7 Å². The van der Waals surface area contributed by atoms with Crippen LogP contribution < -0.4 is 10.2 Å². The lowest BCUT2D eigenvalue weighted by molar-refractivity contribution is 0.424. The first-order chi connectivity index (χ1) is 7.83. The van der Waals surface area contributed by atoms with Gasteiger partial charge < -0.3 is 10.2 Å². The van der Waals surface area contributed by atoms with Crippen LogP contribution >= 0.6 is 11.6 Å². The first-order valence-corrected chi connectivity index (χ1v) is 6.46. The Balaban J connectivity index is 2.75. The third-order valence-electron chi connectivity index (χ3n) is 2.72. The SMILES string of the molecule is CCN(C)c1ccc(CNC(C)(C)C)cc1Cl. The van der Waals surface area contributed by atoms with E-state index in [1.807, 2.05) is 13.1 Å². The molecule has 0 bridgehead atoms. The zero-order chi connectivity index (χ0) is 13.1. The Hall–Kier alpha value is -0.730. The summed E-state index contributed by atoms with van der Waals surface area (Å²) in [5.74, 6) is 0. The van der Waals surface area contributed by atoms with E-state index in [0.29, 0.717) is 0 Å². The zero-order valence-electron chi connectivity index (χ0n) is 11.5. The zero-order valence-corrected chi connectivity index (χ0v) is 12.2. The van der Waals surface area contributed by atoms with Gasteiger partial charge in [0.15, 0.2) is 0 Å². The summed E-state index contributed by atoms with van der Waals surface area (Å²) in [7, 11) is 2.05. The molecule has 0 aliphatic carbocycles. The number of nitrogens with zero attached hydrogens (tertiary/aromatic N) is 1. The van der Waals surface area contributed by atoms with Gasteiger partial charge >= 0.3 is 0 Å². The standard InChI is InChI=1S/C14H23ClN2/c1-6-17(5)13-8-7-11(9-12(13)15)10-16-14(2,3)4/h7-9,16H,6,10H2,1-5H3. The number of hydrogen-bond acceptors (Lipinski definition) is 2. The summed E-state index contributed by atoms with van der Waals surface area (Å²) in [5.41, 5.74) is 2.44. The number of rotatable bonds is 4. The highest BCUT2D eigenvalue weighted by molar-refractivity contribution is 6.33. The fourth-order valence-corrected chi connectivity index (χ4v) is 1.85. The minimum absolute atomic E-state index is 0.130. The maximum absolute atomic E-state index is 6.28. The second-order valence-electron chi connectivity index (χ2n) is 5.40. The van der Waals surface area contributed by atoms with Crippen molar-refractivity contribution < 1.29 is 0 Å². The fraction of sp³-hybridized carbons (Fsp3) is 0.571. The molecule has 0 amide bonds. The smallest absolute Gasteiger partial charge is 0.0642 e. The highest BCUT2D eigenvalue weighted by Gasteiger charge is 2.10. The molecule has 0 spiro atoms. The lowest BCUT2D eigenvalue weighted by Gasteiger charge is -2.22. The first-order valence-electron chi connectivity index (χ1n) is 6.08. The normalized spacial score (nSPS) is 11.6. The average molecular weight is 255 g/mol. The fourth-order valence-electron chi connectivity index (χ4n) is 1.51. The van der Waals surface area contributed by atoms with E-state index in [9.17, 15) is 0 Å². The summed E-state index contributed by atoms with van der Waals surface area (Å²) in [6.07, 6.45) is 0. The molecule has 17 heavy (non-hydrogen) atoms. The van der Waals surface area contributed by atoms with Gasteiger partial charge in [-0.05, 0) is 45.4 Å². The third-order valence-corrected chi connectivity index (χ3v) is 3.02. The quantitative estimate of drug-likeness (QED) is 0.882. The third kappa shape index (κ3) is 4.57. The molecule has 0 fully saturated rings. The van der Waals surface area contributed by atoms with Crippen LogP contribution in [0.3, 0.4) is 0 Å². The van der Waals surface area contributed by atoms with Gasteiger partial charge in [0.2, 0.25) is 0 Å². The monoisotopic (exact) mass is 254 g/mol. The van der Waals surface area contributed by atoms with E-state index >= 15 is 0 Å². The maximum Gasteiger partial charge on any atom is 0.0642 e. The average Bonchev–Trinajstić information content (AvgIpc) is 2.24. The maximum atomic E-state index is 6.28. The van der Waals surface area contributed by atoms with Crippen LogP contribution in [-0.2, 0) is 6.54 Å². The molecule has 2 nitrogen and oxygen atoms in total. The summed E-state index contributed by atoms with van der Waals surface area (Å²) in [6, 6.07) is 6.26. The molecule has 1 aromatic rings. The Morgan fingerprint density at radius 2 is 1.94 bits per heavy atom. The molecule has 3 heteroatoms. The van der Waals surface area contributed by atoms with Gasteiger partial charge in [0.1, 0.15) is 0 Å². The van der Waals surface area contributed by atoms with Gasteiger partial charge in [-0.2, -0.15) is 0 Å². The van der Waals surface area contributed by atoms with Crippen LogP contribution in [0.15, 0.2) is 18.2 Å². The minimum atomic E-state index is 0.130. The molecule has 0 unspecified atom stereocenters. The van der Waals surface area contributed by atoms with Crippen LogP contribution in [0.25, 0.3) is 0 Å². The van der Waals surface area contributed by atoms with Crippen molar-refractivity contribution in [3.05, 3.63) is 28.8 Å². The Bertz CT molecular complexity index is 369. The van der Waals surface area contributed by atoms with Gasteiger partial charge in [0, 0.05) is 25.7 Å². The molecule has 0 atom stereocenters. The van der Waals surface area contributed by atoms with Gasteiger partial charge in [0.25, 0.3) is 0 Å². The molecule has 0 radical (unpaired) electrons. The second kappa shape index (κ2) is 5.74. The summed E-state index contributed by atoms with van der Waals surface area (Å²) < 4.78 is 0. The summed E-state index contributed by atoms with van der Waals surface area (Å²) in [5, 5.41) is 4.28. The number of nitrogens with one attached hydrogen (secondary N) is 1. The van der Waals surface area contributed by atoms with E-state index in [1.165, 1.54) is 5.56 Å². The molecule has 96 valence electrons. The van der Waals surface area contributed by atoms with Crippen molar-refractivity contribution in [2.45, 2.75) is 39.8 Å². The lowest BCUT2D eigenvalue weighted by atomic mass is 10.1. The van der Waals surface area contributed by atoms with Crippen molar-refractivity contribution in [1.82, 2.24) is 5.32 Å². The number of benzene rings is 1. The molecule has 0 heterocycles. The van der Waals surface area contributed by atoms with E-state index < -0.39 is 0 Å². The molecule has 1 rings (SSSR count). The van der Waals surface area contributed by atoms with Crippen LogP contribution in [0, 0.1) is 0 Å². The van der Waals surface area contributed by atoms with E-state index in [-0.39, 0.29) is 5.54 Å². The highest BCUT2D eigenvalue weighted by atomic mass is 35.5. The van der Waals surface area contributed by atoms with Gasteiger partial charge in [-0.25, -0.2) is 0 Å². The van der Waals surface area contributed by atoms with Crippen LogP contribution in [0.1, 0.15) is 33.3 Å². The predicted molar refractivity (Wildman–Crippen MR) is 77.0 cm³/mol. The van der Waals surface area contributed by atoms with Crippen molar-refractivity contribution in [2.75, 3.05) is 18.5 Å². The molecular formula is C14H23ClN2. The van der Waals surface area contributed by atoms with E-state index in [4.69, 9.17) is 11.6 Å². The summed E-state index contributed by atoms with van der Waals surface area (Å²) in [4.78, 5) is 2.14. The van der Waals surface area contributed by atoms with Crippen molar-refractivity contribution in [3.63, 3.8) is 0 Å².